The van der Waals surface area contributed by atoms with Crippen molar-refractivity contribution in [3.63, 3.8) is 0 Å². The molecular formula is C25H28ClNO2Si. The highest BCUT2D eigenvalue weighted by atomic mass is 35.5. The summed E-state index contributed by atoms with van der Waals surface area (Å²) in [7, 11) is -2.56. The minimum atomic E-state index is -2.56. The molecule has 0 amide bonds. The topological polar surface area (TPSA) is 42.4 Å². The summed E-state index contributed by atoms with van der Waals surface area (Å²) >= 11 is 6.31. The zero-order chi connectivity index (χ0) is 21.4. The Hall–Kier alpha value is -2.14. The number of aromatic nitrogens is 1. The molecule has 0 saturated heterocycles. The number of aromatic hydroxyl groups is 1. The Bertz CT molecular complexity index is 948. The third-order valence-corrected chi connectivity index (χ3v) is 11.5. The fraction of sp³-hybridized carbons (Fsp3) is 0.320. The van der Waals surface area contributed by atoms with Gasteiger partial charge in [-0.2, -0.15) is 0 Å². The van der Waals surface area contributed by atoms with Crippen molar-refractivity contribution in [1.29, 1.82) is 0 Å². The Morgan fingerprint density at radius 3 is 2.00 bits per heavy atom. The molecule has 1 heterocycles. The van der Waals surface area contributed by atoms with Gasteiger partial charge in [0, 0.05) is 12.2 Å². The predicted molar refractivity (Wildman–Crippen MR) is 125 cm³/mol. The van der Waals surface area contributed by atoms with Crippen LogP contribution in [-0.2, 0) is 17.3 Å². The molecule has 1 aliphatic rings. The molecule has 0 radical (unpaired) electrons. The van der Waals surface area contributed by atoms with Crippen LogP contribution in [-0.4, -0.2) is 25.0 Å². The zero-order valence-corrected chi connectivity index (χ0v) is 19.5. The Kier molecular flexibility index (Phi) is 5.75. The molecular weight excluding hydrogens is 410 g/mol. The molecule has 156 valence electrons. The molecule has 0 saturated carbocycles. The van der Waals surface area contributed by atoms with Crippen LogP contribution in [0.2, 0.25) is 10.2 Å². The van der Waals surface area contributed by atoms with Crippen LogP contribution in [0.25, 0.3) is 0 Å². The summed E-state index contributed by atoms with van der Waals surface area (Å²) < 4.78 is 7.05. The summed E-state index contributed by atoms with van der Waals surface area (Å²) in [6, 6.07) is 21.4. The van der Waals surface area contributed by atoms with E-state index in [1.54, 1.807) is 0 Å². The highest BCUT2D eigenvalue weighted by Crippen LogP contribution is 2.40. The lowest BCUT2D eigenvalue weighted by atomic mass is 10.1. The number of halogens is 1. The second-order valence-electron chi connectivity index (χ2n) is 9.14. The lowest BCUT2D eigenvalue weighted by Gasteiger charge is -2.43. The molecule has 1 N–H and O–H groups in total. The monoisotopic (exact) mass is 437 g/mol. The van der Waals surface area contributed by atoms with Gasteiger partial charge < -0.3 is 9.53 Å². The molecule has 0 aliphatic heterocycles. The van der Waals surface area contributed by atoms with E-state index < -0.39 is 8.32 Å². The van der Waals surface area contributed by atoms with Crippen LogP contribution < -0.4 is 10.4 Å². The van der Waals surface area contributed by atoms with E-state index in [2.05, 4.69) is 86.4 Å². The highest BCUT2D eigenvalue weighted by molar-refractivity contribution is 6.99. The molecule has 0 bridgehead atoms. The number of pyridine rings is 1. The van der Waals surface area contributed by atoms with Gasteiger partial charge in [0.2, 0.25) is 0 Å². The summed E-state index contributed by atoms with van der Waals surface area (Å²) in [6.45, 7) is 7.48. The van der Waals surface area contributed by atoms with Crippen molar-refractivity contribution in [2.45, 2.75) is 38.7 Å². The van der Waals surface area contributed by atoms with Crippen molar-refractivity contribution in [1.82, 2.24) is 4.98 Å². The smallest absolute Gasteiger partial charge is 0.261 e. The molecule has 1 aromatic heterocycles. The minimum Gasteiger partial charge on any atom is -0.506 e. The lowest BCUT2D eigenvalue weighted by Crippen LogP contribution is -2.66. The first-order valence-corrected chi connectivity index (χ1v) is 12.7. The maximum absolute atomic E-state index is 10.2. The van der Waals surface area contributed by atoms with Crippen molar-refractivity contribution < 1.29 is 9.53 Å². The van der Waals surface area contributed by atoms with E-state index in [9.17, 15) is 5.11 Å². The molecule has 1 aliphatic carbocycles. The Morgan fingerprint density at radius 1 is 0.967 bits per heavy atom. The van der Waals surface area contributed by atoms with Crippen molar-refractivity contribution in [3.05, 3.63) is 83.1 Å². The quantitative estimate of drug-likeness (QED) is 0.463. The molecule has 3 nitrogen and oxygen atoms in total. The molecule has 1 unspecified atom stereocenters. The van der Waals surface area contributed by atoms with Gasteiger partial charge in [0.1, 0.15) is 10.9 Å². The Labute approximate surface area is 184 Å². The first-order chi connectivity index (χ1) is 14.3. The maximum atomic E-state index is 10.2. The average Bonchev–Trinajstić information content (AvgIpc) is 3.18. The van der Waals surface area contributed by atoms with Gasteiger partial charge in [0.15, 0.2) is 0 Å². The minimum absolute atomic E-state index is 0.0531. The molecule has 5 heteroatoms. The van der Waals surface area contributed by atoms with Crippen molar-refractivity contribution in [3.8, 4) is 5.75 Å². The van der Waals surface area contributed by atoms with E-state index in [1.807, 2.05) is 0 Å². The van der Waals surface area contributed by atoms with Crippen LogP contribution in [0.15, 0.2) is 66.9 Å². The fourth-order valence-corrected chi connectivity index (χ4v) is 9.64. The van der Waals surface area contributed by atoms with Gasteiger partial charge in [-0.3, -0.25) is 0 Å². The maximum Gasteiger partial charge on any atom is 0.261 e. The molecule has 30 heavy (non-hydrogen) atoms. The van der Waals surface area contributed by atoms with Crippen LogP contribution in [0.4, 0.5) is 0 Å². The summed E-state index contributed by atoms with van der Waals surface area (Å²) in [5.41, 5.74) is 1.89. The van der Waals surface area contributed by atoms with Gasteiger partial charge in [0.25, 0.3) is 8.32 Å². The van der Waals surface area contributed by atoms with Gasteiger partial charge in [-0.05, 0) is 39.7 Å². The van der Waals surface area contributed by atoms with E-state index in [1.165, 1.54) is 16.6 Å². The number of fused-ring (bicyclic) bond motifs is 1. The molecule has 1 atom stereocenters. The summed E-state index contributed by atoms with van der Waals surface area (Å²) in [5, 5.41) is 13.2. The van der Waals surface area contributed by atoms with Crippen LogP contribution >= 0.6 is 11.6 Å². The van der Waals surface area contributed by atoms with Gasteiger partial charge in [-0.25, -0.2) is 4.98 Å². The Morgan fingerprint density at radius 2 is 1.50 bits per heavy atom. The third-order valence-electron chi connectivity index (χ3n) is 6.16. The largest absolute Gasteiger partial charge is 0.506 e. The highest BCUT2D eigenvalue weighted by Gasteiger charge is 2.50. The second kappa shape index (κ2) is 8.18. The molecule has 2 aromatic carbocycles. The first kappa shape index (κ1) is 21.1. The zero-order valence-electron chi connectivity index (χ0n) is 17.7. The van der Waals surface area contributed by atoms with E-state index in [-0.39, 0.29) is 16.7 Å². The summed E-state index contributed by atoms with van der Waals surface area (Å²) in [4.78, 5) is 4.11. The van der Waals surface area contributed by atoms with Crippen LogP contribution in [0.3, 0.4) is 0 Å². The number of hydrogen-bond acceptors (Lipinski definition) is 3. The predicted octanol–water partition coefficient (Wildman–Crippen LogP) is 4.73. The fourth-order valence-electron chi connectivity index (χ4n) is 4.76. The van der Waals surface area contributed by atoms with E-state index >= 15 is 0 Å². The Balaban J connectivity index is 1.70. The number of benzene rings is 2. The van der Waals surface area contributed by atoms with Gasteiger partial charge >= 0.3 is 0 Å². The number of nitrogens with zero attached hydrogens (tertiary/aromatic N) is 1. The van der Waals surface area contributed by atoms with Crippen molar-refractivity contribution in [2.75, 3.05) is 6.61 Å². The number of hydrogen-bond donors (Lipinski definition) is 1. The van der Waals surface area contributed by atoms with Gasteiger partial charge in [0.05, 0.1) is 6.20 Å². The van der Waals surface area contributed by atoms with Gasteiger partial charge in [-0.15, -0.1) is 0 Å². The first-order valence-electron chi connectivity index (χ1n) is 10.4. The molecule has 0 fully saturated rings. The van der Waals surface area contributed by atoms with Crippen LogP contribution in [0.1, 0.15) is 31.9 Å². The SMILES string of the molecule is CC(C)(C)[Si](OCC1Cc2c(O)cnc(Cl)c2C1)(c1ccccc1)c1ccccc1. The van der Waals surface area contributed by atoms with Crippen LogP contribution in [0.5, 0.6) is 5.75 Å². The van der Waals surface area contributed by atoms with E-state index in [0.717, 1.165) is 24.0 Å². The van der Waals surface area contributed by atoms with Gasteiger partial charge in [-0.1, -0.05) is 93.0 Å². The van der Waals surface area contributed by atoms with E-state index in [4.69, 9.17) is 16.0 Å². The molecule has 3 aromatic rings. The normalized spacial score (nSPS) is 16.5. The molecule has 0 spiro atoms. The molecule has 4 rings (SSSR count). The third kappa shape index (κ3) is 3.68. The lowest BCUT2D eigenvalue weighted by molar-refractivity contribution is 0.239. The average molecular weight is 438 g/mol. The van der Waals surface area contributed by atoms with Crippen LogP contribution in [0, 0.1) is 5.92 Å². The van der Waals surface area contributed by atoms with Crippen molar-refractivity contribution >= 4 is 30.3 Å². The second-order valence-corrected chi connectivity index (χ2v) is 13.8. The van der Waals surface area contributed by atoms with E-state index in [0.29, 0.717) is 11.8 Å². The summed E-state index contributed by atoms with van der Waals surface area (Å²) in [6.07, 6.45) is 3.00. The summed E-state index contributed by atoms with van der Waals surface area (Å²) in [5.74, 6) is 0.511. The number of rotatable bonds is 5. The van der Waals surface area contributed by atoms with Crippen molar-refractivity contribution in [2.24, 2.45) is 5.92 Å². The standard InChI is InChI=1S/C25H28ClNO2Si/c1-25(2,3)30(19-10-6-4-7-11-19,20-12-8-5-9-13-20)29-17-18-14-21-22(15-18)24(26)27-16-23(21)28/h4-13,16,18,28H,14-15,17H2,1-3H3.